The van der Waals surface area contributed by atoms with Gasteiger partial charge in [-0.3, -0.25) is 9.59 Å². The van der Waals surface area contributed by atoms with Gasteiger partial charge in [-0.05, 0) is 69.2 Å². The van der Waals surface area contributed by atoms with Gasteiger partial charge in [0.25, 0.3) is 11.8 Å². The lowest BCUT2D eigenvalue weighted by Crippen LogP contribution is -3.14. The van der Waals surface area contributed by atoms with Crippen LogP contribution in [0, 0.1) is 13.8 Å². The molecule has 0 heterocycles. The quantitative estimate of drug-likeness (QED) is 0.606. The maximum absolute atomic E-state index is 12.3. The van der Waals surface area contributed by atoms with Crippen LogP contribution in [0.1, 0.15) is 25.0 Å². The minimum Gasteiger partial charge on any atom is -0.351 e. The van der Waals surface area contributed by atoms with Crippen molar-refractivity contribution >= 4 is 29.3 Å². The molecule has 0 spiro atoms. The first-order valence-electron chi connectivity index (χ1n) is 9.66. The van der Waals surface area contributed by atoms with Crippen molar-refractivity contribution in [1.82, 2.24) is 5.32 Å². The summed E-state index contributed by atoms with van der Waals surface area (Å²) in [6.07, 6.45) is 0. The van der Waals surface area contributed by atoms with Gasteiger partial charge in [-0.25, -0.2) is 0 Å². The second-order valence-corrected chi connectivity index (χ2v) is 7.97. The average molecular weight is 401 g/mol. The zero-order valence-electron chi connectivity index (χ0n) is 17.1. The molecule has 2 aromatic rings. The molecule has 0 aliphatic heterocycles. The van der Waals surface area contributed by atoms with Gasteiger partial charge in [0, 0.05) is 22.0 Å². The first-order chi connectivity index (χ1) is 13.4. The van der Waals surface area contributed by atoms with E-state index in [2.05, 4.69) is 42.7 Å². The maximum Gasteiger partial charge on any atom is 0.279 e. The molecule has 0 saturated carbocycles. The molecule has 0 bridgehead atoms. The Morgan fingerprint density at radius 2 is 1.64 bits per heavy atom. The molecule has 1 unspecified atom stereocenters. The van der Waals surface area contributed by atoms with Crippen molar-refractivity contribution in [3.05, 3.63) is 53.6 Å². The van der Waals surface area contributed by atoms with Crippen LogP contribution in [0.25, 0.3) is 0 Å². The fourth-order valence-corrected chi connectivity index (χ4v) is 3.78. The van der Waals surface area contributed by atoms with Gasteiger partial charge >= 0.3 is 0 Å². The van der Waals surface area contributed by atoms with Gasteiger partial charge in [-0.15, -0.1) is 0 Å². The van der Waals surface area contributed by atoms with E-state index >= 15 is 0 Å². The summed E-state index contributed by atoms with van der Waals surface area (Å²) in [5, 5.41) is 5.70. The Morgan fingerprint density at radius 3 is 2.29 bits per heavy atom. The number of anilines is 1. The molecule has 1 atom stereocenters. The predicted molar refractivity (Wildman–Crippen MR) is 115 cm³/mol. The monoisotopic (exact) mass is 400 g/mol. The molecule has 2 amide bonds. The van der Waals surface area contributed by atoms with Gasteiger partial charge in [-0.1, -0.05) is 23.9 Å². The van der Waals surface area contributed by atoms with Crippen molar-refractivity contribution in [2.45, 2.75) is 37.5 Å². The largest absolute Gasteiger partial charge is 0.351 e. The van der Waals surface area contributed by atoms with Crippen LogP contribution in [0.4, 0.5) is 5.69 Å². The Bertz CT molecular complexity index is 806. The van der Waals surface area contributed by atoms with Crippen LogP contribution in [0.3, 0.4) is 0 Å². The highest BCUT2D eigenvalue weighted by molar-refractivity contribution is 7.99. The molecule has 0 radical (unpaired) electrons. The van der Waals surface area contributed by atoms with Crippen LogP contribution in [-0.2, 0) is 9.59 Å². The van der Waals surface area contributed by atoms with Crippen LogP contribution in [0.15, 0.2) is 52.3 Å². The Morgan fingerprint density at radius 1 is 0.964 bits per heavy atom. The van der Waals surface area contributed by atoms with Crippen LogP contribution >= 0.6 is 11.8 Å². The molecule has 0 fully saturated rings. The van der Waals surface area contributed by atoms with Gasteiger partial charge in [0.2, 0.25) is 0 Å². The molecule has 3 N–H and O–H groups in total. The van der Waals surface area contributed by atoms with E-state index in [1.807, 2.05) is 38.1 Å². The van der Waals surface area contributed by atoms with Crippen LogP contribution < -0.4 is 15.5 Å². The Kier molecular flexibility index (Phi) is 8.54. The minimum atomic E-state index is -0.0870. The van der Waals surface area contributed by atoms with E-state index in [4.69, 9.17) is 0 Å². The number of rotatable bonds is 9. The second kappa shape index (κ2) is 10.9. The number of likely N-dealkylation sites (N-methyl/N-ethyl adjacent to an activating group) is 2. The number of hydrogen-bond donors (Lipinski definition) is 3. The molecule has 0 saturated heterocycles. The standard InChI is InChI=1S/C22H29N3O2S/c1-5-23-21(26)14-25(6-2)15-22(27)24-18-9-11-19(12-10-18)28-20-13-16(3)7-8-17(20)4/h7-13H,5-6,14-15H2,1-4H3,(H,23,26)(H,24,27)/p+1. The summed E-state index contributed by atoms with van der Waals surface area (Å²) in [5.41, 5.74) is 3.26. The lowest BCUT2D eigenvalue weighted by Gasteiger charge is -2.16. The van der Waals surface area contributed by atoms with E-state index < -0.39 is 0 Å². The third kappa shape index (κ3) is 7.02. The number of carbonyl (C=O) groups is 2. The number of amides is 2. The van der Waals surface area contributed by atoms with Gasteiger partial charge in [0.05, 0.1) is 6.54 Å². The summed E-state index contributed by atoms with van der Waals surface area (Å²) in [5.74, 6) is -0.115. The first kappa shape index (κ1) is 22.0. The topological polar surface area (TPSA) is 62.6 Å². The van der Waals surface area contributed by atoms with Gasteiger partial charge in [-0.2, -0.15) is 0 Å². The highest BCUT2D eigenvalue weighted by atomic mass is 32.2. The van der Waals surface area contributed by atoms with Crippen LogP contribution in [0.5, 0.6) is 0 Å². The number of benzene rings is 2. The Labute approximate surface area is 171 Å². The molecular weight excluding hydrogens is 370 g/mol. The van der Waals surface area contributed by atoms with E-state index in [1.165, 1.54) is 16.0 Å². The summed E-state index contributed by atoms with van der Waals surface area (Å²) in [4.78, 5) is 27.3. The number of hydrogen-bond acceptors (Lipinski definition) is 3. The Balaban J connectivity index is 1.91. The molecule has 2 rings (SSSR count). The zero-order valence-corrected chi connectivity index (χ0v) is 17.9. The number of nitrogens with one attached hydrogen (secondary N) is 3. The van der Waals surface area contributed by atoms with Crippen molar-refractivity contribution < 1.29 is 14.5 Å². The van der Waals surface area contributed by atoms with E-state index in [-0.39, 0.29) is 18.4 Å². The zero-order chi connectivity index (χ0) is 20.5. The number of aryl methyl sites for hydroxylation is 2. The van der Waals surface area contributed by atoms with Crippen molar-refractivity contribution in [3.8, 4) is 0 Å². The van der Waals surface area contributed by atoms with E-state index in [9.17, 15) is 9.59 Å². The second-order valence-electron chi connectivity index (χ2n) is 6.85. The number of carbonyl (C=O) groups excluding carboxylic acids is 2. The molecular formula is C22H30N3O2S+. The third-order valence-corrected chi connectivity index (χ3v) is 5.57. The van der Waals surface area contributed by atoms with Gasteiger partial charge in [0.1, 0.15) is 0 Å². The number of quaternary nitrogens is 1. The lowest BCUT2D eigenvalue weighted by atomic mass is 10.2. The van der Waals surface area contributed by atoms with Gasteiger partial charge in [0.15, 0.2) is 13.1 Å². The van der Waals surface area contributed by atoms with E-state index in [1.54, 1.807) is 11.8 Å². The maximum atomic E-state index is 12.3. The fourth-order valence-electron chi connectivity index (χ4n) is 2.78. The van der Waals surface area contributed by atoms with Crippen molar-refractivity contribution in [3.63, 3.8) is 0 Å². The van der Waals surface area contributed by atoms with Crippen molar-refractivity contribution in [2.24, 2.45) is 0 Å². The molecule has 0 aromatic heterocycles. The Hall–Kier alpha value is -2.31. The fraction of sp³-hybridized carbons (Fsp3) is 0.364. The molecule has 0 aliphatic rings. The molecule has 5 nitrogen and oxygen atoms in total. The smallest absolute Gasteiger partial charge is 0.279 e. The predicted octanol–water partition coefficient (Wildman–Crippen LogP) is 2.43. The normalized spacial score (nSPS) is 11.7. The SMILES string of the molecule is CCNC(=O)C[NH+](CC)CC(=O)Nc1ccc(Sc2cc(C)ccc2C)cc1. The summed E-state index contributed by atoms with van der Waals surface area (Å²) in [6.45, 7) is 9.97. The average Bonchev–Trinajstić information content (AvgIpc) is 2.66. The third-order valence-electron chi connectivity index (χ3n) is 4.40. The minimum absolute atomic E-state index is 0.0278. The molecule has 28 heavy (non-hydrogen) atoms. The van der Waals surface area contributed by atoms with Crippen LogP contribution in [0.2, 0.25) is 0 Å². The highest BCUT2D eigenvalue weighted by Gasteiger charge is 2.16. The van der Waals surface area contributed by atoms with Gasteiger partial charge < -0.3 is 15.5 Å². The summed E-state index contributed by atoms with van der Waals surface area (Å²) >= 11 is 1.72. The van der Waals surface area contributed by atoms with Crippen LogP contribution in [-0.4, -0.2) is 38.0 Å². The lowest BCUT2D eigenvalue weighted by molar-refractivity contribution is -0.881. The van der Waals surface area contributed by atoms with E-state index in [0.717, 1.165) is 22.0 Å². The summed E-state index contributed by atoms with van der Waals surface area (Å²) in [7, 11) is 0. The summed E-state index contributed by atoms with van der Waals surface area (Å²) < 4.78 is 0. The van der Waals surface area contributed by atoms with Crippen molar-refractivity contribution in [1.29, 1.82) is 0 Å². The van der Waals surface area contributed by atoms with E-state index in [0.29, 0.717) is 13.1 Å². The molecule has 150 valence electrons. The molecule has 0 aliphatic carbocycles. The highest BCUT2D eigenvalue weighted by Crippen LogP contribution is 2.31. The van der Waals surface area contributed by atoms with Crippen molar-refractivity contribution in [2.75, 3.05) is 31.5 Å². The molecule has 6 heteroatoms. The summed E-state index contributed by atoms with van der Waals surface area (Å²) in [6, 6.07) is 14.3. The molecule has 2 aromatic carbocycles. The first-order valence-corrected chi connectivity index (χ1v) is 10.5.